The predicted octanol–water partition coefficient (Wildman–Crippen LogP) is 4.02. The fourth-order valence-electron chi connectivity index (χ4n) is 4.07. The van der Waals surface area contributed by atoms with Gasteiger partial charge in [0, 0.05) is 16.8 Å². The Morgan fingerprint density at radius 2 is 1.75 bits per heavy atom. The van der Waals surface area contributed by atoms with Crippen LogP contribution in [0.15, 0.2) is 64.8 Å². The average Bonchev–Trinajstić information content (AvgIpc) is 3.38. The molecule has 0 unspecified atom stereocenters. The van der Waals surface area contributed by atoms with E-state index in [1.54, 1.807) is 17.4 Å². The van der Waals surface area contributed by atoms with Gasteiger partial charge in [-0.15, -0.1) is 11.3 Å². The van der Waals surface area contributed by atoms with Crippen LogP contribution in [-0.4, -0.2) is 34.8 Å². The van der Waals surface area contributed by atoms with E-state index in [-0.39, 0.29) is 17.9 Å². The molecular weight excluding hydrogens is 442 g/mol. The Labute approximate surface area is 190 Å². The van der Waals surface area contributed by atoms with Crippen LogP contribution in [0.25, 0.3) is 21.9 Å². The van der Waals surface area contributed by atoms with Gasteiger partial charge in [0.15, 0.2) is 0 Å². The van der Waals surface area contributed by atoms with Gasteiger partial charge in [0.2, 0.25) is 10.0 Å². The highest BCUT2D eigenvalue weighted by molar-refractivity contribution is 7.89. The van der Waals surface area contributed by atoms with E-state index in [1.807, 2.05) is 18.2 Å². The maximum atomic E-state index is 13.1. The summed E-state index contributed by atoms with van der Waals surface area (Å²) in [5.41, 5.74) is 3.91. The first-order valence-electron chi connectivity index (χ1n) is 10.5. The van der Waals surface area contributed by atoms with Crippen LogP contribution in [0, 0.1) is 6.92 Å². The number of aryl methyl sites for hydroxylation is 1. The number of sulfonamides is 1. The fourth-order valence-corrected chi connectivity index (χ4v) is 6.43. The molecule has 1 saturated heterocycles. The zero-order valence-electron chi connectivity index (χ0n) is 17.7. The van der Waals surface area contributed by atoms with Gasteiger partial charge >= 0.3 is 0 Å². The molecule has 32 heavy (non-hydrogen) atoms. The summed E-state index contributed by atoms with van der Waals surface area (Å²) in [6, 6.07) is 17.7. The van der Waals surface area contributed by atoms with Crippen molar-refractivity contribution in [2.24, 2.45) is 0 Å². The Hall–Kier alpha value is -2.81. The molecule has 1 fully saturated rings. The third-order valence-electron chi connectivity index (χ3n) is 5.82. The number of aromatic nitrogens is 2. The fraction of sp³-hybridized carbons (Fsp3) is 0.250. The number of rotatable bonds is 5. The van der Waals surface area contributed by atoms with Crippen molar-refractivity contribution in [1.82, 2.24) is 14.1 Å². The van der Waals surface area contributed by atoms with E-state index >= 15 is 0 Å². The molecule has 0 amide bonds. The first kappa shape index (κ1) is 21.1. The van der Waals surface area contributed by atoms with Gasteiger partial charge < -0.3 is 0 Å². The summed E-state index contributed by atoms with van der Waals surface area (Å²) < 4.78 is 27.6. The highest BCUT2D eigenvalue weighted by Gasteiger charge is 2.29. The van der Waals surface area contributed by atoms with Crippen molar-refractivity contribution in [3.05, 3.63) is 86.5 Å². The second-order valence-corrected chi connectivity index (χ2v) is 11.2. The number of thiophene rings is 1. The van der Waals surface area contributed by atoms with Crippen LogP contribution in [0.4, 0.5) is 0 Å². The van der Waals surface area contributed by atoms with Gasteiger partial charge in [-0.3, -0.25) is 4.79 Å². The topological polar surface area (TPSA) is 72.3 Å². The maximum Gasteiger partial charge on any atom is 0.274 e. The van der Waals surface area contributed by atoms with Crippen molar-refractivity contribution in [3.8, 4) is 11.1 Å². The zero-order valence-corrected chi connectivity index (χ0v) is 19.3. The van der Waals surface area contributed by atoms with Crippen LogP contribution in [0.1, 0.15) is 22.6 Å². The van der Waals surface area contributed by atoms with Crippen LogP contribution < -0.4 is 5.56 Å². The van der Waals surface area contributed by atoms with E-state index in [1.165, 1.54) is 14.6 Å². The minimum Gasteiger partial charge on any atom is -0.267 e. The summed E-state index contributed by atoms with van der Waals surface area (Å²) in [5.74, 6) is 0.168. The highest BCUT2D eigenvalue weighted by atomic mass is 32.2. The molecule has 0 atom stereocenters. The van der Waals surface area contributed by atoms with Crippen LogP contribution in [0.3, 0.4) is 0 Å². The molecular formula is C24H23N3O3S2. The lowest BCUT2D eigenvalue weighted by molar-refractivity contribution is 0.430. The van der Waals surface area contributed by atoms with Gasteiger partial charge in [0.05, 0.1) is 29.9 Å². The van der Waals surface area contributed by atoms with Crippen LogP contribution in [0.5, 0.6) is 0 Å². The summed E-state index contributed by atoms with van der Waals surface area (Å²) in [5, 5.41) is 7.98. The number of hydrogen-bond donors (Lipinski definition) is 0. The zero-order chi connectivity index (χ0) is 22.3. The molecule has 0 aliphatic carbocycles. The molecule has 0 radical (unpaired) electrons. The quantitative estimate of drug-likeness (QED) is 0.446. The van der Waals surface area contributed by atoms with Gasteiger partial charge in [-0.05, 0) is 42.0 Å². The largest absolute Gasteiger partial charge is 0.274 e. The molecule has 164 valence electrons. The van der Waals surface area contributed by atoms with Crippen molar-refractivity contribution < 1.29 is 8.42 Å². The van der Waals surface area contributed by atoms with E-state index in [4.69, 9.17) is 0 Å². The molecule has 0 N–H and O–H groups in total. The first-order chi connectivity index (χ1) is 15.4. The van der Waals surface area contributed by atoms with Gasteiger partial charge in [-0.25, -0.2) is 13.1 Å². The molecule has 1 aliphatic heterocycles. The van der Waals surface area contributed by atoms with Gasteiger partial charge in [0.1, 0.15) is 0 Å². The van der Waals surface area contributed by atoms with Gasteiger partial charge in [-0.1, -0.05) is 48.0 Å². The smallest absolute Gasteiger partial charge is 0.267 e. The average molecular weight is 466 g/mol. The molecule has 4 aromatic rings. The normalized spacial score (nSPS) is 16.0. The van der Waals surface area contributed by atoms with Crippen molar-refractivity contribution in [2.45, 2.75) is 26.4 Å². The first-order valence-corrected chi connectivity index (χ1v) is 13.0. The van der Waals surface area contributed by atoms with Crippen molar-refractivity contribution in [1.29, 1.82) is 0 Å². The van der Waals surface area contributed by atoms with Crippen molar-refractivity contribution >= 4 is 32.1 Å². The summed E-state index contributed by atoms with van der Waals surface area (Å²) in [6.45, 7) is 3.08. The third-order valence-corrected chi connectivity index (χ3v) is 8.64. The van der Waals surface area contributed by atoms with Gasteiger partial charge in [-0.2, -0.15) is 9.40 Å². The monoisotopic (exact) mass is 465 g/mol. The van der Waals surface area contributed by atoms with E-state index < -0.39 is 10.0 Å². The molecule has 8 heteroatoms. The Balaban J connectivity index is 1.51. The molecule has 0 saturated carbocycles. The molecule has 0 bridgehead atoms. The van der Waals surface area contributed by atoms with Crippen LogP contribution in [-0.2, 0) is 23.1 Å². The van der Waals surface area contributed by atoms with Crippen LogP contribution in [0.2, 0.25) is 0 Å². The summed E-state index contributed by atoms with van der Waals surface area (Å²) in [6.07, 6.45) is 0.622. The number of benzene rings is 2. The molecule has 2 aromatic heterocycles. The maximum absolute atomic E-state index is 13.1. The number of hydrogen-bond acceptors (Lipinski definition) is 5. The minimum atomic E-state index is -3.26. The molecule has 2 aromatic carbocycles. The SMILES string of the molecule is Cc1ccc(-c2csc(Cn3nc(CN4CCCS4(=O)=O)c4ccccc4c3=O)c2)cc1. The van der Waals surface area contributed by atoms with E-state index in [9.17, 15) is 13.2 Å². The van der Waals surface area contributed by atoms with Gasteiger partial charge in [0.25, 0.3) is 5.56 Å². The Morgan fingerprint density at radius 1 is 1.00 bits per heavy atom. The second kappa shape index (κ2) is 8.27. The number of nitrogens with zero attached hydrogens (tertiary/aromatic N) is 3. The Kier molecular flexibility index (Phi) is 5.44. The highest BCUT2D eigenvalue weighted by Crippen LogP contribution is 2.27. The molecule has 1 aliphatic rings. The van der Waals surface area contributed by atoms with E-state index in [0.29, 0.717) is 36.0 Å². The molecule has 5 rings (SSSR count). The van der Waals surface area contributed by atoms with Crippen molar-refractivity contribution in [3.63, 3.8) is 0 Å². The second-order valence-electron chi connectivity index (χ2n) is 8.13. The Morgan fingerprint density at radius 3 is 2.47 bits per heavy atom. The molecule has 0 spiro atoms. The summed E-state index contributed by atoms with van der Waals surface area (Å²) in [4.78, 5) is 14.2. The lowest BCUT2D eigenvalue weighted by Crippen LogP contribution is -2.29. The minimum absolute atomic E-state index is 0.168. The number of fused-ring (bicyclic) bond motifs is 1. The summed E-state index contributed by atoms with van der Waals surface area (Å²) in [7, 11) is -3.26. The third kappa shape index (κ3) is 4.01. The Bertz CT molecular complexity index is 1450. The molecule has 3 heterocycles. The standard InChI is InChI=1S/C24H23N3O3S2/c1-17-7-9-18(10-8-17)19-13-20(31-16-19)14-27-24(28)22-6-3-2-5-21(22)23(25-27)15-26-11-4-12-32(26,29)30/h2-3,5-10,13,16H,4,11-12,14-15H2,1H3. The van der Waals surface area contributed by atoms with E-state index in [2.05, 4.69) is 47.7 Å². The van der Waals surface area contributed by atoms with Crippen molar-refractivity contribution in [2.75, 3.05) is 12.3 Å². The summed E-state index contributed by atoms with van der Waals surface area (Å²) >= 11 is 1.59. The molecule has 6 nitrogen and oxygen atoms in total. The lowest BCUT2D eigenvalue weighted by atomic mass is 10.1. The van der Waals surface area contributed by atoms with E-state index in [0.717, 1.165) is 16.0 Å². The lowest BCUT2D eigenvalue weighted by Gasteiger charge is -2.16. The van der Waals surface area contributed by atoms with Crippen LogP contribution >= 0.6 is 11.3 Å². The predicted molar refractivity (Wildman–Crippen MR) is 128 cm³/mol.